The molecule has 0 aliphatic rings. The molecule has 1 amide bonds. The van der Waals surface area contributed by atoms with E-state index in [0.29, 0.717) is 43.7 Å². The van der Waals surface area contributed by atoms with E-state index in [2.05, 4.69) is 26.3 Å². The Balaban J connectivity index is 1.39. The van der Waals surface area contributed by atoms with Gasteiger partial charge < -0.3 is 19.2 Å². The minimum absolute atomic E-state index is 0.234. The number of para-hydroxylation sites is 2. The summed E-state index contributed by atoms with van der Waals surface area (Å²) in [5.74, 6) is 0.926. The maximum atomic E-state index is 13.7. The van der Waals surface area contributed by atoms with Gasteiger partial charge in [-0.15, -0.1) is 0 Å². The number of fused-ring (bicyclic) bond motifs is 2. The summed E-state index contributed by atoms with van der Waals surface area (Å²) < 4.78 is 19.4. The third kappa shape index (κ3) is 5.91. The Morgan fingerprint density at radius 3 is 2.60 bits per heavy atom. The van der Waals surface area contributed by atoms with Crippen LogP contribution in [-0.4, -0.2) is 35.5 Å². The van der Waals surface area contributed by atoms with Crippen LogP contribution in [0, 0.1) is 6.92 Å². The van der Waals surface area contributed by atoms with Crippen LogP contribution in [0.5, 0.6) is 11.5 Å². The highest BCUT2D eigenvalue weighted by molar-refractivity contribution is 9.10. The number of rotatable bonds is 8. The van der Waals surface area contributed by atoms with Crippen LogP contribution in [0.4, 0.5) is 5.69 Å². The van der Waals surface area contributed by atoms with Crippen LogP contribution in [0.1, 0.15) is 11.1 Å². The normalized spacial score (nSPS) is 11.3. The van der Waals surface area contributed by atoms with Crippen molar-refractivity contribution in [2.24, 2.45) is 5.10 Å². The lowest BCUT2D eigenvalue weighted by Gasteiger charge is -2.14. The average Bonchev–Trinajstić information content (AvgIpc) is 3.45. The second-order valence-corrected chi connectivity index (χ2v) is 10.6. The number of halogens is 1. The minimum atomic E-state index is -0.376. The van der Waals surface area contributed by atoms with E-state index >= 15 is 0 Å². The van der Waals surface area contributed by atoms with Crippen molar-refractivity contribution in [3.05, 3.63) is 117 Å². The minimum Gasteiger partial charge on any atom is -0.493 e. The lowest BCUT2D eigenvalue weighted by molar-refractivity contribution is -0.118. The first-order chi connectivity index (χ1) is 20.9. The molecule has 4 aromatic carbocycles. The van der Waals surface area contributed by atoms with Gasteiger partial charge in [0.25, 0.3) is 11.5 Å². The van der Waals surface area contributed by atoms with Crippen LogP contribution >= 0.6 is 15.9 Å². The Labute approximate surface area is 254 Å². The fourth-order valence-corrected chi connectivity index (χ4v) is 5.02. The van der Waals surface area contributed by atoms with E-state index in [1.54, 1.807) is 30.3 Å². The molecular weight excluding hydrogens is 612 g/mol. The number of nitrogens with zero attached hydrogens (tertiary/aromatic N) is 3. The smallest absolute Gasteiger partial charge is 0.282 e. The van der Waals surface area contributed by atoms with E-state index in [1.165, 1.54) is 18.0 Å². The zero-order valence-electron chi connectivity index (χ0n) is 23.2. The lowest BCUT2D eigenvalue weighted by atomic mass is 10.2. The molecule has 6 rings (SSSR count). The molecule has 0 atom stereocenters. The number of carbonyl (C=O) groups excluding carboxylic acids is 1. The fourth-order valence-electron chi connectivity index (χ4n) is 4.56. The molecule has 0 spiro atoms. The highest BCUT2D eigenvalue weighted by Gasteiger charge is 2.18. The van der Waals surface area contributed by atoms with Crippen molar-refractivity contribution in [3.8, 4) is 23.1 Å². The SMILES string of the molecule is COc1cc(Br)cc(C=Nn2c(-c3cc4ccccc4o3)nc3ccccc3c2=O)c1OCC(=O)Nc1ccc(C)cc1. The largest absolute Gasteiger partial charge is 0.493 e. The highest BCUT2D eigenvalue weighted by Crippen LogP contribution is 2.34. The maximum Gasteiger partial charge on any atom is 0.282 e. The molecule has 0 bridgehead atoms. The van der Waals surface area contributed by atoms with Crippen molar-refractivity contribution in [2.45, 2.75) is 6.92 Å². The van der Waals surface area contributed by atoms with Crippen LogP contribution in [-0.2, 0) is 4.79 Å². The van der Waals surface area contributed by atoms with Gasteiger partial charge >= 0.3 is 0 Å². The quantitative estimate of drug-likeness (QED) is 0.184. The number of hydrogen-bond acceptors (Lipinski definition) is 7. The topological polar surface area (TPSA) is 108 Å². The number of amides is 1. The summed E-state index contributed by atoms with van der Waals surface area (Å²) in [7, 11) is 1.50. The van der Waals surface area contributed by atoms with Gasteiger partial charge in [-0.25, -0.2) is 4.98 Å². The van der Waals surface area contributed by atoms with Crippen LogP contribution < -0.4 is 20.3 Å². The van der Waals surface area contributed by atoms with E-state index in [0.717, 1.165) is 10.9 Å². The molecule has 0 saturated carbocycles. The first-order valence-corrected chi connectivity index (χ1v) is 14.1. The molecule has 0 aliphatic carbocycles. The summed E-state index contributed by atoms with van der Waals surface area (Å²) in [4.78, 5) is 31.1. The predicted octanol–water partition coefficient (Wildman–Crippen LogP) is 6.79. The molecule has 2 heterocycles. The molecular formula is C33H25BrN4O5. The molecule has 6 aromatic rings. The third-order valence-electron chi connectivity index (χ3n) is 6.66. The van der Waals surface area contributed by atoms with Crippen LogP contribution in [0.2, 0.25) is 0 Å². The third-order valence-corrected chi connectivity index (χ3v) is 7.12. The van der Waals surface area contributed by atoms with Crippen molar-refractivity contribution >= 4 is 55.6 Å². The van der Waals surface area contributed by atoms with Gasteiger partial charge in [0.15, 0.2) is 23.9 Å². The summed E-state index contributed by atoms with van der Waals surface area (Å²) in [6, 6.07) is 27.3. The monoisotopic (exact) mass is 636 g/mol. The van der Waals surface area contributed by atoms with E-state index in [1.807, 2.05) is 67.6 Å². The standard InChI is InChI=1S/C33H25BrN4O5/c1-20-11-13-24(14-12-20)36-30(39)19-42-31-22(15-23(34)17-28(31)41-2)18-35-38-32(29-16-21-7-3-6-10-27(21)43-29)37-26-9-5-4-8-25(26)33(38)40/h3-18H,19H2,1-2H3,(H,36,39). The second kappa shape index (κ2) is 11.9. The summed E-state index contributed by atoms with van der Waals surface area (Å²) in [5.41, 5.74) is 3.00. The van der Waals surface area contributed by atoms with Crippen molar-refractivity contribution < 1.29 is 18.7 Å². The second-order valence-electron chi connectivity index (χ2n) is 9.69. The molecule has 0 saturated heterocycles. The Kier molecular flexibility index (Phi) is 7.76. The zero-order valence-corrected chi connectivity index (χ0v) is 24.8. The van der Waals surface area contributed by atoms with Gasteiger partial charge in [0.2, 0.25) is 5.82 Å². The summed E-state index contributed by atoms with van der Waals surface area (Å²) in [6.07, 6.45) is 1.46. The Morgan fingerprint density at radius 1 is 1.05 bits per heavy atom. The number of anilines is 1. The molecule has 0 aliphatic heterocycles. The van der Waals surface area contributed by atoms with Gasteiger partial charge in [-0.1, -0.05) is 64.0 Å². The first kappa shape index (κ1) is 27.9. The van der Waals surface area contributed by atoms with Gasteiger partial charge in [0, 0.05) is 21.1 Å². The summed E-state index contributed by atoms with van der Waals surface area (Å²) in [6.45, 7) is 1.69. The summed E-state index contributed by atoms with van der Waals surface area (Å²) >= 11 is 3.49. The number of benzene rings is 4. The molecule has 0 radical (unpaired) electrons. The number of carbonyl (C=O) groups is 1. The molecule has 43 heavy (non-hydrogen) atoms. The number of methoxy groups -OCH3 is 1. The first-order valence-electron chi connectivity index (χ1n) is 13.3. The average molecular weight is 637 g/mol. The lowest BCUT2D eigenvalue weighted by Crippen LogP contribution is -2.21. The highest BCUT2D eigenvalue weighted by atomic mass is 79.9. The van der Waals surface area contributed by atoms with Crippen LogP contribution in [0.15, 0.2) is 110 Å². The number of aromatic nitrogens is 2. The van der Waals surface area contributed by atoms with Crippen LogP contribution in [0.25, 0.3) is 33.5 Å². The summed E-state index contributed by atoms with van der Waals surface area (Å²) in [5, 5.41) is 8.63. The zero-order chi connectivity index (χ0) is 29.9. The van der Waals surface area contributed by atoms with Crippen molar-refractivity contribution in [2.75, 3.05) is 19.0 Å². The number of hydrogen-bond donors (Lipinski definition) is 1. The Bertz CT molecular complexity index is 2030. The Morgan fingerprint density at radius 2 is 1.81 bits per heavy atom. The molecule has 0 fully saturated rings. The van der Waals surface area contributed by atoms with Gasteiger partial charge in [-0.3, -0.25) is 9.59 Å². The number of furan rings is 1. The number of ether oxygens (including phenoxy) is 2. The number of aryl methyl sites for hydroxylation is 1. The van der Waals surface area contributed by atoms with Gasteiger partial charge in [-0.05, 0) is 55.5 Å². The van der Waals surface area contributed by atoms with Gasteiger partial charge in [-0.2, -0.15) is 9.78 Å². The molecule has 214 valence electrons. The van der Waals surface area contributed by atoms with Gasteiger partial charge in [0.1, 0.15) is 5.58 Å². The molecule has 9 nitrogen and oxygen atoms in total. The van der Waals surface area contributed by atoms with E-state index < -0.39 is 0 Å². The van der Waals surface area contributed by atoms with E-state index in [-0.39, 0.29) is 29.6 Å². The fraction of sp³-hybridized carbons (Fsp3) is 0.0909. The molecule has 2 aromatic heterocycles. The van der Waals surface area contributed by atoms with Gasteiger partial charge in [0.05, 0.1) is 24.2 Å². The van der Waals surface area contributed by atoms with Crippen molar-refractivity contribution in [1.29, 1.82) is 0 Å². The Hall–Kier alpha value is -5.22. The molecule has 10 heteroatoms. The van der Waals surface area contributed by atoms with E-state index in [9.17, 15) is 9.59 Å². The van der Waals surface area contributed by atoms with Crippen molar-refractivity contribution in [1.82, 2.24) is 9.66 Å². The number of nitrogens with one attached hydrogen (secondary N) is 1. The van der Waals surface area contributed by atoms with Crippen LogP contribution in [0.3, 0.4) is 0 Å². The maximum absolute atomic E-state index is 13.7. The molecule has 0 unspecified atom stereocenters. The van der Waals surface area contributed by atoms with Crippen molar-refractivity contribution in [3.63, 3.8) is 0 Å². The van der Waals surface area contributed by atoms with E-state index in [4.69, 9.17) is 18.9 Å². The molecule has 1 N–H and O–H groups in total. The predicted molar refractivity (Wildman–Crippen MR) is 170 cm³/mol.